The Labute approximate surface area is 131 Å². The van der Waals surface area contributed by atoms with E-state index in [0.29, 0.717) is 11.8 Å². The maximum absolute atomic E-state index is 5.22. The van der Waals surface area contributed by atoms with E-state index in [1.807, 2.05) is 0 Å². The molecule has 0 heterocycles. The summed E-state index contributed by atoms with van der Waals surface area (Å²) in [5, 5.41) is 3.48. The highest BCUT2D eigenvalue weighted by atomic mass is 79.9. The van der Waals surface area contributed by atoms with Gasteiger partial charge in [-0.3, -0.25) is 0 Å². The topological polar surface area (TPSA) is 30.5 Å². The molecular weight excluding hydrogens is 318 g/mol. The van der Waals surface area contributed by atoms with Gasteiger partial charge in [0.15, 0.2) is 0 Å². The highest BCUT2D eigenvalue weighted by Crippen LogP contribution is 2.28. The predicted octanol–water partition coefficient (Wildman–Crippen LogP) is 3.44. The molecule has 1 N–H and O–H groups in total. The van der Waals surface area contributed by atoms with Gasteiger partial charge in [0.1, 0.15) is 0 Å². The van der Waals surface area contributed by atoms with Crippen LogP contribution in [0.5, 0.6) is 0 Å². The average Bonchev–Trinajstić information content (AvgIpc) is 2.45. The van der Waals surface area contributed by atoms with Gasteiger partial charge in [-0.15, -0.1) is 0 Å². The maximum Gasteiger partial charge on any atom is 0.0587 e. The minimum Gasteiger partial charge on any atom is -0.385 e. The Morgan fingerprint density at radius 2 is 1.95 bits per heavy atom. The summed E-state index contributed by atoms with van der Waals surface area (Å²) >= 11 is 3.56. The Bertz CT molecular complexity index is 373. The zero-order valence-corrected chi connectivity index (χ0v) is 14.3. The highest BCUT2D eigenvalue weighted by molar-refractivity contribution is 9.10. The molecule has 4 heteroatoms. The first kappa shape index (κ1) is 17.6. The van der Waals surface area contributed by atoms with E-state index in [-0.39, 0.29) is 0 Å². The first-order chi connectivity index (χ1) is 9.69. The molecule has 3 nitrogen and oxygen atoms in total. The van der Waals surface area contributed by atoms with E-state index in [4.69, 9.17) is 9.47 Å². The first-order valence-corrected chi connectivity index (χ1v) is 7.92. The molecule has 0 radical (unpaired) electrons. The molecule has 0 bridgehead atoms. The van der Waals surface area contributed by atoms with Crippen LogP contribution >= 0.6 is 15.9 Å². The Balaban J connectivity index is 2.67. The van der Waals surface area contributed by atoms with E-state index < -0.39 is 0 Å². The number of methoxy groups -OCH3 is 2. The molecule has 20 heavy (non-hydrogen) atoms. The number of nitrogens with one attached hydrogen (secondary N) is 1. The fourth-order valence-electron chi connectivity index (χ4n) is 2.32. The molecule has 0 aliphatic carbocycles. The molecule has 0 aromatic heterocycles. The van der Waals surface area contributed by atoms with Crippen LogP contribution in [0.25, 0.3) is 0 Å². The van der Waals surface area contributed by atoms with Crippen LogP contribution in [0.3, 0.4) is 0 Å². The Morgan fingerprint density at radius 1 is 1.20 bits per heavy atom. The van der Waals surface area contributed by atoms with Crippen molar-refractivity contribution in [2.24, 2.45) is 5.92 Å². The van der Waals surface area contributed by atoms with E-state index in [2.05, 4.69) is 52.4 Å². The van der Waals surface area contributed by atoms with Crippen molar-refractivity contribution in [3.05, 3.63) is 34.3 Å². The molecule has 0 aliphatic rings. The third-order valence-corrected chi connectivity index (χ3v) is 4.08. The van der Waals surface area contributed by atoms with Gasteiger partial charge in [0.05, 0.1) is 6.61 Å². The third-order valence-electron chi connectivity index (χ3n) is 3.59. The molecule has 0 saturated carbocycles. The third kappa shape index (κ3) is 6.35. The Hall–Kier alpha value is -0.420. The summed E-state index contributed by atoms with van der Waals surface area (Å²) in [4.78, 5) is 0. The van der Waals surface area contributed by atoms with Crippen LogP contribution in [0, 0.1) is 5.92 Å². The summed E-state index contributed by atoms with van der Waals surface area (Å²) in [6.07, 6.45) is 1.07. The van der Waals surface area contributed by atoms with Crippen molar-refractivity contribution < 1.29 is 9.47 Å². The fraction of sp³-hybridized carbons (Fsp3) is 0.625. The largest absolute Gasteiger partial charge is 0.385 e. The molecule has 114 valence electrons. The molecule has 1 aromatic rings. The molecule has 0 aliphatic heterocycles. The van der Waals surface area contributed by atoms with Crippen LogP contribution in [-0.4, -0.2) is 40.5 Å². The second kappa shape index (κ2) is 10.3. The van der Waals surface area contributed by atoms with Crippen molar-refractivity contribution >= 4 is 15.9 Å². The van der Waals surface area contributed by atoms with Gasteiger partial charge in [-0.1, -0.05) is 35.0 Å². The van der Waals surface area contributed by atoms with Gasteiger partial charge in [0.2, 0.25) is 0 Å². The van der Waals surface area contributed by atoms with E-state index >= 15 is 0 Å². The molecule has 2 atom stereocenters. The van der Waals surface area contributed by atoms with Gasteiger partial charge in [-0.25, -0.2) is 0 Å². The van der Waals surface area contributed by atoms with Gasteiger partial charge >= 0.3 is 0 Å². The molecule has 1 rings (SSSR count). The second-order valence-corrected chi connectivity index (χ2v) is 6.03. The van der Waals surface area contributed by atoms with E-state index in [9.17, 15) is 0 Å². The zero-order chi connectivity index (χ0) is 14.8. The maximum atomic E-state index is 5.22. The summed E-state index contributed by atoms with van der Waals surface area (Å²) in [6.45, 7) is 5.70. The summed E-state index contributed by atoms with van der Waals surface area (Å²) in [7, 11) is 3.49. The number of ether oxygens (including phenoxy) is 2. The fourth-order valence-corrected chi connectivity index (χ4v) is 2.74. The number of hydrogen-bond donors (Lipinski definition) is 1. The van der Waals surface area contributed by atoms with Crippen LogP contribution in [0.1, 0.15) is 24.8 Å². The van der Waals surface area contributed by atoms with E-state index in [0.717, 1.165) is 37.2 Å². The van der Waals surface area contributed by atoms with Gasteiger partial charge < -0.3 is 14.8 Å². The molecule has 1 aromatic carbocycles. The van der Waals surface area contributed by atoms with Crippen molar-refractivity contribution in [1.82, 2.24) is 5.32 Å². The van der Waals surface area contributed by atoms with Crippen LogP contribution in [0.4, 0.5) is 0 Å². The average molecular weight is 344 g/mol. The minimum absolute atomic E-state index is 0.486. The van der Waals surface area contributed by atoms with Crippen LogP contribution in [0.2, 0.25) is 0 Å². The molecule has 0 spiro atoms. The smallest absolute Gasteiger partial charge is 0.0587 e. The number of benzene rings is 1. The zero-order valence-electron chi connectivity index (χ0n) is 12.7. The lowest BCUT2D eigenvalue weighted by molar-refractivity contribution is 0.172. The Kier molecular flexibility index (Phi) is 9.10. The number of halogens is 1. The van der Waals surface area contributed by atoms with Gasteiger partial charge in [-0.2, -0.15) is 0 Å². The quantitative estimate of drug-likeness (QED) is 0.660. The van der Waals surface area contributed by atoms with Gasteiger partial charge in [0.25, 0.3) is 0 Å². The van der Waals surface area contributed by atoms with E-state index in [1.165, 1.54) is 5.56 Å². The molecule has 2 unspecified atom stereocenters. The van der Waals surface area contributed by atoms with Crippen molar-refractivity contribution in [1.29, 1.82) is 0 Å². The monoisotopic (exact) mass is 343 g/mol. The molecule has 0 saturated heterocycles. The summed E-state index contributed by atoms with van der Waals surface area (Å²) < 4.78 is 11.4. The lowest BCUT2D eigenvalue weighted by Crippen LogP contribution is -2.28. The molecule has 0 fully saturated rings. The normalized spacial score (nSPS) is 14.2. The molecular formula is C16H26BrNO2. The van der Waals surface area contributed by atoms with Crippen LogP contribution in [0.15, 0.2) is 28.7 Å². The van der Waals surface area contributed by atoms with Gasteiger partial charge in [0, 0.05) is 38.4 Å². The van der Waals surface area contributed by atoms with E-state index in [1.54, 1.807) is 14.2 Å². The summed E-state index contributed by atoms with van der Waals surface area (Å²) in [5.41, 5.74) is 1.37. The summed E-state index contributed by atoms with van der Waals surface area (Å²) in [6, 6.07) is 8.59. The molecule has 0 amide bonds. The number of rotatable bonds is 10. The standard InChI is InChI=1S/C16H26BrNO2/c1-13(7-9-19-2)16(12-18-8-10-20-3)14-5-4-6-15(17)11-14/h4-6,11,13,16,18H,7-10,12H2,1-3H3. The lowest BCUT2D eigenvalue weighted by atomic mass is 9.85. The lowest BCUT2D eigenvalue weighted by Gasteiger charge is -2.25. The second-order valence-electron chi connectivity index (χ2n) is 5.12. The van der Waals surface area contributed by atoms with Crippen molar-refractivity contribution in [2.45, 2.75) is 19.3 Å². The minimum atomic E-state index is 0.486. The van der Waals surface area contributed by atoms with Crippen LogP contribution < -0.4 is 5.32 Å². The first-order valence-electron chi connectivity index (χ1n) is 7.13. The predicted molar refractivity (Wildman–Crippen MR) is 87.3 cm³/mol. The van der Waals surface area contributed by atoms with Crippen molar-refractivity contribution in [2.75, 3.05) is 40.5 Å². The SMILES string of the molecule is COCCNCC(c1cccc(Br)c1)C(C)CCOC. The van der Waals surface area contributed by atoms with Gasteiger partial charge in [-0.05, 0) is 36.0 Å². The summed E-state index contributed by atoms with van der Waals surface area (Å²) in [5.74, 6) is 1.05. The van der Waals surface area contributed by atoms with Crippen LogP contribution in [-0.2, 0) is 9.47 Å². The Morgan fingerprint density at radius 3 is 2.60 bits per heavy atom. The number of hydrogen-bond acceptors (Lipinski definition) is 3. The van der Waals surface area contributed by atoms with Crippen molar-refractivity contribution in [3.63, 3.8) is 0 Å². The highest BCUT2D eigenvalue weighted by Gasteiger charge is 2.19. The van der Waals surface area contributed by atoms with Crippen molar-refractivity contribution in [3.8, 4) is 0 Å².